The lowest BCUT2D eigenvalue weighted by molar-refractivity contribution is -0.131. The van der Waals surface area contributed by atoms with Crippen LogP contribution in [0.15, 0.2) is 84.9 Å². The highest BCUT2D eigenvalue weighted by molar-refractivity contribution is 6.14. The number of carbonyl (C=O) groups is 2. The Balaban J connectivity index is 1.76. The highest BCUT2D eigenvalue weighted by atomic mass is 19.1. The van der Waals surface area contributed by atoms with Crippen LogP contribution in [0.5, 0.6) is 0 Å². The Kier molecular flexibility index (Phi) is 6.50. The molecule has 0 aliphatic heterocycles. The summed E-state index contributed by atoms with van der Waals surface area (Å²) in [7, 11) is 0. The number of allylic oxidation sites excluding steroid dienone is 1. The topological polar surface area (TPSA) is 66.4 Å². The largest absolute Gasteiger partial charge is 0.478 e. The Morgan fingerprint density at radius 1 is 0.912 bits per heavy atom. The predicted octanol–water partition coefficient (Wildman–Crippen LogP) is 6.92. The number of anilines is 1. The quantitative estimate of drug-likeness (QED) is 0.309. The summed E-state index contributed by atoms with van der Waals surface area (Å²) >= 11 is 0. The summed E-state index contributed by atoms with van der Waals surface area (Å²) in [6.45, 7) is 1.80. The van der Waals surface area contributed by atoms with Gasteiger partial charge < -0.3 is 10.4 Å². The molecule has 0 radical (unpaired) electrons. The molecule has 6 heteroatoms. The Morgan fingerprint density at radius 2 is 1.65 bits per heavy atom. The van der Waals surface area contributed by atoms with Gasteiger partial charge in [0.15, 0.2) is 0 Å². The second kappa shape index (κ2) is 9.67. The van der Waals surface area contributed by atoms with Gasteiger partial charge in [-0.2, -0.15) is 0 Å². The third-order valence-corrected chi connectivity index (χ3v) is 5.55. The van der Waals surface area contributed by atoms with Crippen LogP contribution in [0.4, 0.5) is 14.5 Å². The van der Waals surface area contributed by atoms with Crippen LogP contribution in [0.1, 0.15) is 29.3 Å². The SMILES string of the molecule is CC/C(=C\C(=O)O)c1ccc(F)c(NC(=O)c2cc(-c3ccc(F)cc3)cc3ccccc23)c1. The fourth-order valence-corrected chi connectivity index (χ4v) is 3.86. The second-order valence-corrected chi connectivity index (χ2v) is 7.76. The highest BCUT2D eigenvalue weighted by Crippen LogP contribution is 2.30. The Labute approximate surface area is 195 Å². The maximum Gasteiger partial charge on any atom is 0.328 e. The number of halogens is 2. The molecule has 1 amide bonds. The maximum absolute atomic E-state index is 14.6. The molecule has 2 N–H and O–H groups in total. The second-order valence-electron chi connectivity index (χ2n) is 7.76. The predicted molar refractivity (Wildman–Crippen MR) is 130 cm³/mol. The molecule has 170 valence electrons. The molecule has 4 rings (SSSR count). The summed E-state index contributed by atoms with van der Waals surface area (Å²) in [4.78, 5) is 24.4. The van der Waals surface area contributed by atoms with Crippen LogP contribution < -0.4 is 5.32 Å². The van der Waals surface area contributed by atoms with E-state index >= 15 is 0 Å². The summed E-state index contributed by atoms with van der Waals surface area (Å²) in [6.07, 6.45) is 1.49. The molecule has 0 saturated heterocycles. The molecule has 0 unspecified atom stereocenters. The molecule has 0 aromatic heterocycles. The van der Waals surface area contributed by atoms with Crippen LogP contribution in [0, 0.1) is 11.6 Å². The number of amides is 1. The Morgan fingerprint density at radius 3 is 2.35 bits per heavy atom. The summed E-state index contributed by atoms with van der Waals surface area (Å²) in [5, 5.41) is 13.2. The Bertz CT molecular complexity index is 1430. The van der Waals surface area contributed by atoms with Gasteiger partial charge in [-0.05, 0) is 75.9 Å². The number of nitrogens with one attached hydrogen (secondary N) is 1. The van der Waals surface area contributed by atoms with Gasteiger partial charge in [0.2, 0.25) is 0 Å². The van der Waals surface area contributed by atoms with Crippen molar-refractivity contribution in [1.82, 2.24) is 0 Å². The highest BCUT2D eigenvalue weighted by Gasteiger charge is 2.16. The first-order chi connectivity index (χ1) is 16.4. The fourth-order valence-electron chi connectivity index (χ4n) is 3.86. The van der Waals surface area contributed by atoms with Gasteiger partial charge in [-0.15, -0.1) is 0 Å². The van der Waals surface area contributed by atoms with Crippen molar-refractivity contribution >= 4 is 33.9 Å². The molecule has 0 spiro atoms. The minimum Gasteiger partial charge on any atom is -0.478 e. The average molecular weight is 457 g/mol. The molecule has 0 atom stereocenters. The first-order valence-electron chi connectivity index (χ1n) is 10.7. The number of carboxylic acid groups (broad SMARTS) is 1. The molecule has 4 aromatic carbocycles. The molecule has 0 saturated carbocycles. The lowest BCUT2D eigenvalue weighted by atomic mass is 9.96. The number of hydrogen-bond donors (Lipinski definition) is 2. The van der Waals surface area contributed by atoms with E-state index in [0.29, 0.717) is 28.5 Å². The van der Waals surface area contributed by atoms with Gasteiger partial charge in [-0.1, -0.05) is 49.4 Å². The van der Waals surface area contributed by atoms with Crippen LogP contribution in [-0.2, 0) is 4.79 Å². The zero-order chi connectivity index (χ0) is 24.2. The van der Waals surface area contributed by atoms with E-state index in [-0.39, 0.29) is 11.5 Å². The van der Waals surface area contributed by atoms with E-state index in [1.807, 2.05) is 24.3 Å². The van der Waals surface area contributed by atoms with E-state index in [1.165, 1.54) is 30.3 Å². The molecule has 34 heavy (non-hydrogen) atoms. The number of fused-ring (bicyclic) bond motifs is 1. The summed E-state index contributed by atoms with van der Waals surface area (Å²) < 4.78 is 28.0. The normalized spacial score (nSPS) is 11.4. The van der Waals surface area contributed by atoms with Gasteiger partial charge in [-0.3, -0.25) is 4.79 Å². The van der Waals surface area contributed by atoms with Crippen molar-refractivity contribution in [3.8, 4) is 11.1 Å². The molecule has 4 aromatic rings. The number of carboxylic acids is 1. The monoisotopic (exact) mass is 457 g/mol. The van der Waals surface area contributed by atoms with Crippen molar-refractivity contribution < 1.29 is 23.5 Å². The van der Waals surface area contributed by atoms with Gasteiger partial charge in [0.25, 0.3) is 5.91 Å². The van der Waals surface area contributed by atoms with Gasteiger partial charge in [-0.25, -0.2) is 13.6 Å². The lowest BCUT2D eigenvalue weighted by Gasteiger charge is -2.13. The summed E-state index contributed by atoms with van der Waals surface area (Å²) in [6, 6.07) is 21.0. The molecule has 4 nitrogen and oxygen atoms in total. The van der Waals surface area contributed by atoms with Crippen LogP contribution in [0.3, 0.4) is 0 Å². The summed E-state index contributed by atoms with van der Waals surface area (Å²) in [5.74, 6) is -2.62. The maximum atomic E-state index is 14.6. The van der Waals surface area contributed by atoms with Gasteiger partial charge in [0, 0.05) is 11.6 Å². The zero-order valence-corrected chi connectivity index (χ0v) is 18.3. The van der Waals surface area contributed by atoms with Crippen LogP contribution in [-0.4, -0.2) is 17.0 Å². The third-order valence-electron chi connectivity index (χ3n) is 5.55. The number of carbonyl (C=O) groups excluding carboxylic acids is 1. The number of rotatable bonds is 6. The number of benzene rings is 4. The van der Waals surface area contributed by atoms with E-state index in [1.54, 1.807) is 31.2 Å². The molecular weight excluding hydrogens is 436 g/mol. The molecule has 0 aliphatic carbocycles. The van der Waals surface area contributed by atoms with Gasteiger partial charge >= 0.3 is 5.97 Å². The molecule has 0 fully saturated rings. The van der Waals surface area contributed by atoms with Crippen LogP contribution >= 0.6 is 0 Å². The molecule has 0 aliphatic rings. The van der Waals surface area contributed by atoms with Crippen LogP contribution in [0.25, 0.3) is 27.5 Å². The van der Waals surface area contributed by atoms with Crippen molar-refractivity contribution in [2.45, 2.75) is 13.3 Å². The fraction of sp³-hybridized carbons (Fsp3) is 0.0714. The van der Waals surface area contributed by atoms with E-state index in [4.69, 9.17) is 5.11 Å². The average Bonchev–Trinajstić information content (AvgIpc) is 2.83. The van der Waals surface area contributed by atoms with E-state index in [9.17, 15) is 18.4 Å². The summed E-state index contributed by atoms with van der Waals surface area (Å²) in [5.41, 5.74) is 2.75. The molecule has 0 heterocycles. The molecule has 0 bridgehead atoms. The first-order valence-corrected chi connectivity index (χ1v) is 10.7. The van der Waals surface area contributed by atoms with Crippen molar-refractivity contribution in [2.24, 2.45) is 0 Å². The zero-order valence-electron chi connectivity index (χ0n) is 18.3. The van der Waals surface area contributed by atoms with Crippen LogP contribution in [0.2, 0.25) is 0 Å². The standard InChI is InChI=1S/C28H21F2NO3/c1-2-17(16-27(32)33)19-9-12-25(30)26(15-19)31-28(34)24-14-21(18-7-10-22(29)11-8-18)13-20-5-3-4-6-23(20)24/h3-16H,2H2,1H3,(H,31,34)(H,32,33)/b17-16+. The van der Waals surface area contributed by atoms with Gasteiger partial charge in [0.1, 0.15) is 11.6 Å². The van der Waals surface area contributed by atoms with Crippen molar-refractivity contribution in [2.75, 3.05) is 5.32 Å². The number of aliphatic carboxylic acids is 1. The van der Waals surface area contributed by atoms with Crippen molar-refractivity contribution in [3.05, 3.63) is 108 Å². The third kappa shape index (κ3) is 4.86. The van der Waals surface area contributed by atoms with Crippen molar-refractivity contribution in [1.29, 1.82) is 0 Å². The molecular formula is C28H21F2NO3. The van der Waals surface area contributed by atoms with Crippen molar-refractivity contribution in [3.63, 3.8) is 0 Å². The minimum absolute atomic E-state index is 0.0523. The Hall–Kier alpha value is -4.32. The van der Waals surface area contributed by atoms with E-state index in [0.717, 1.165) is 22.6 Å². The van der Waals surface area contributed by atoms with Gasteiger partial charge in [0.05, 0.1) is 5.69 Å². The minimum atomic E-state index is -1.10. The van der Waals surface area contributed by atoms with E-state index < -0.39 is 17.7 Å². The number of hydrogen-bond acceptors (Lipinski definition) is 2. The lowest BCUT2D eigenvalue weighted by Crippen LogP contribution is -2.14. The first kappa shape index (κ1) is 22.9. The smallest absolute Gasteiger partial charge is 0.328 e. The van der Waals surface area contributed by atoms with E-state index in [2.05, 4.69) is 5.32 Å².